The van der Waals surface area contributed by atoms with Crippen LogP contribution in [0.2, 0.25) is 0 Å². The van der Waals surface area contributed by atoms with Gasteiger partial charge in [0.25, 0.3) is 0 Å². The lowest BCUT2D eigenvalue weighted by Gasteiger charge is -2.09. The van der Waals surface area contributed by atoms with Crippen LogP contribution in [0, 0.1) is 11.6 Å². The van der Waals surface area contributed by atoms with E-state index in [2.05, 4.69) is 10.3 Å². The highest BCUT2D eigenvalue weighted by Crippen LogP contribution is 2.16. The van der Waals surface area contributed by atoms with Gasteiger partial charge in [-0.2, -0.15) is 0 Å². The van der Waals surface area contributed by atoms with E-state index in [1.807, 2.05) is 0 Å². The maximum Gasteiger partial charge on any atom is 0.168 e. The van der Waals surface area contributed by atoms with E-state index >= 15 is 0 Å². The van der Waals surface area contributed by atoms with Gasteiger partial charge in [0.2, 0.25) is 0 Å². The summed E-state index contributed by atoms with van der Waals surface area (Å²) < 4.78 is 25.6. The standard InChI is InChI=1S/C8H11F2N3O/c1-4(14)3-12-8-6(10)2-5(9)7(11)13-8/h2,4,14H,3H2,1H3,(H3,11,12,13). The Morgan fingerprint density at radius 3 is 2.79 bits per heavy atom. The monoisotopic (exact) mass is 203 g/mol. The number of nitrogens with two attached hydrogens (primary N) is 1. The van der Waals surface area contributed by atoms with Crippen LogP contribution in [-0.4, -0.2) is 22.7 Å². The Hall–Kier alpha value is -1.43. The molecular weight excluding hydrogens is 192 g/mol. The second-order valence-corrected chi connectivity index (χ2v) is 2.92. The molecule has 0 aliphatic carbocycles. The summed E-state index contributed by atoms with van der Waals surface area (Å²) in [5.41, 5.74) is 5.14. The molecule has 78 valence electrons. The second kappa shape index (κ2) is 4.19. The van der Waals surface area contributed by atoms with Crippen LogP contribution < -0.4 is 11.1 Å². The lowest BCUT2D eigenvalue weighted by molar-refractivity contribution is 0.208. The van der Waals surface area contributed by atoms with Crippen LogP contribution in [0.25, 0.3) is 0 Å². The van der Waals surface area contributed by atoms with Crippen molar-refractivity contribution in [2.24, 2.45) is 0 Å². The van der Waals surface area contributed by atoms with Gasteiger partial charge in [-0.1, -0.05) is 0 Å². The molecule has 4 nitrogen and oxygen atoms in total. The fourth-order valence-electron chi connectivity index (χ4n) is 0.849. The minimum atomic E-state index is -0.898. The molecule has 0 aromatic carbocycles. The zero-order valence-electron chi connectivity index (χ0n) is 7.59. The number of aromatic nitrogens is 1. The van der Waals surface area contributed by atoms with Gasteiger partial charge in [0, 0.05) is 12.6 Å². The molecule has 0 fully saturated rings. The summed E-state index contributed by atoms with van der Waals surface area (Å²) in [6.45, 7) is 1.65. The van der Waals surface area contributed by atoms with Crippen molar-refractivity contribution in [1.82, 2.24) is 4.98 Å². The highest BCUT2D eigenvalue weighted by atomic mass is 19.1. The van der Waals surface area contributed by atoms with E-state index in [1.165, 1.54) is 6.92 Å². The van der Waals surface area contributed by atoms with Crippen molar-refractivity contribution in [3.05, 3.63) is 17.7 Å². The molecule has 1 aromatic heterocycles. The summed E-state index contributed by atoms with van der Waals surface area (Å²) in [4.78, 5) is 3.45. The summed E-state index contributed by atoms with van der Waals surface area (Å²) in [6, 6.07) is 0.646. The maximum absolute atomic E-state index is 13.0. The molecule has 0 aliphatic rings. The minimum absolute atomic E-state index is 0.120. The lowest BCUT2D eigenvalue weighted by atomic mass is 10.3. The van der Waals surface area contributed by atoms with Crippen LogP contribution >= 0.6 is 0 Å². The molecule has 0 amide bonds. The van der Waals surface area contributed by atoms with E-state index in [4.69, 9.17) is 10.8 Å². The van der Waals surface area contributed by atoms with Crippen molar-refractivity contribution in [3.63, 3.8) is 0 Å². The van der Waals surface area contributed by atoms with Gasteiger partial charge in [-0.25, -0.2) is 13.8 Å². The molecular formula is C8H11F2N3O. The first-order valence-electron chi connectivity index (χ1n) is 4.04. The van der Waals surface area contributed by atoms with Crippen LogP contribution in [0.15, 0.2) is 6.07 Å². The van der Waals surface area contributed by atoms with Gasteiger partial charge >= 0.3 is 0 Å². The zero-order valence-corrected chi connectivity index (χ0v) is 7.59. The number of hydrogen-bond donors (Lipinski definition) is 3. The molecule has 6 heteroatoms. The number of halogens is 2. The zero-order chi connectivity index (χ0) is 10.7. The van der Waals surface area contributed by atoms with Crippen molar-refractivity contribution in [3.8, 4) is 0 Å². The number of pyridine rings is 1. The third-order valence-electron chi connectivity index (χ3n) is 1.52. The first kappa shape index (κ1) is 10.6. The highest BCUT2D eigenvalue weighted by molar-refractivity contribution is 5.44. The van der Waals surface area contributed by atoms with Gasteiger partial charge in [0.1, 0.15) is 0 Å². The Kier molecular flexibility index (Phi) is 3.19. The molecule has 1 rings (SSSR count). The SMILES string of the molecule is CC(O)CNc1nc(N)c(F)cc1F. The fourth-order valence-corrected chi connectivity index (χ4v) is 0.849. The van der Waals surface area contributed by atoms with Gasteiger partial charge in [-0.05, 0) is 6.92 Å². The van der Waals surface area contributed by atoms with Crippen molar-refractivity contribution < 1.29 is 13.9 Å². The first-order valence-corrected chi connectivity index (χ1v) is 4.04. The third kappa shape index (κ3) is 2.53. The average molecular weight is 203 g/mol. The number of hydrogen-bond acceptors (Lipinski definition) is 4. The quantitative estimate of drug-likeness (QED) is 0.677. The molecule has 0 saturated carbocycles. The van der Waals surface area contributed by atoms with Gasteiger partial charge in [0.05, 0.1) is 6.10 Å². The van der Waals surface area contributed by atoms with Crippen molar-refractivity contribution in [2.75, 3.05) is 17.6 Å². The van der Waals surface area contributed by atoms with E-state index in [1.54, 1.807) is 0 Å². The van der Waals surface area contributed by atoms with Crippen molar-refractivity contribution in [1.29, 1.82) is 0 Å². The molecule has 0 radical (unpaired) electrons. The highest BCUT2D eigenvalue weighted by Gasteiger charge is 2.09. The van der Waals surface area contributed by atoms with Crippen LogP contribution in [-0.2, 0) is 0 Å². The molecule has 0 bridgehead atoms. The average Bonchev–Trinajstić information content (AvgIpc) is 2.09. The number of anilines is 2. The van der Waals surface area contributed by atoms with Crippen LogP contribution in [0.1, 0.15) is 6.92 Å². The molecule has 1 aromatic rings. The summed E-state index contributed by atoms with van der Waals surface area (Å²) in [6.07, 6.45) is -0.650. The van der Waals surface area contributed by atoms with Gasteiger partial charge in [-0.15, -0.1) is 0 Å². The summed E-state index contributed by atoms with van der Waals surface area (Å²) >= 11 is 0. The molecule has 1 atom stereocenters. The van der Waals surface area contributed by atoms with Gasteiger partial charge in [0.15, 0.2) is 23.3 Å². The number of aliphatic hydroxyl groups excluding tert-OH is 1. The largest absolute Gasteiger partial charge is 0.392 e. The van der Waals surface area contributed by atoms with E-state index in [9.17, 15) is 8.78 Å². The molecule has 14 heavy (non-hydrogen) atoms. The predicted octanol–water partition coefficient (Wildman–Crippen LogP) is 0.735. The summed E-state index contributed by atoms with van der Waals surface area (Å²) in [5, 5.41) is 11.4. The van der Waals surface area contributed by atoms with E-state index < -0.39 is 17.7 Å². The Bertz CT molecular complexity index is 331. The Morgan fingerprint density at radius 2 is 2.21 bits per heavy atom. The van der Waals surface area contributed by atoms with Crippen LogP contribution in [0.5, 0.6) is 0 Å². The smallest absolute Gasteiger partial charge is 0.168 e. The Balaban J connectivity index is 2.82. The second-order valence-electron chi connectivity index (χ2n) is 2.92. The molecule has 0 spiro atoms. The number of nitrogens with one attached hydrogen (secondary N) is 1. The number of aliphatic hydroxyl groups is 1. The van der Waals surface area contributed by atoms with Crippen LogP contribution in [0.3, 0.4) is 0 Å². The van der Waals surface area contributed by atoms with Crippen molar-refractivity contribution >= 4 is 11.6 Å². The normalized spacial score (nSPS) is 12.6. The number of nitrogens with zero attached hydrogens (tertiary/aromatic N) is 1. The molecule has 4 N–H and O–H groups in total. The Labute approximate surface area is 79.8 Å². The summed E-state index contributed by atoms with van der Waals surface area (Å²) in [7, 11) is 0. The lowest BCUT2D eigenvalue weighted by Crippen LogP contribution is -2.17. The van der Waals surface area contributed by atoms with E-state index in [0.717, 1.165) is 0 Å². The minimum Gasteiger partial charge on any atom is -0.392 e. The molecule has 1 unspecified atom stereocenters. The topological polar surface area (TPSA) is 71.2 Å². The first-order chi connectivity index (χ1) is 6.50. The maximum atomic E-state index is 13.0. The number of nitrogen functional groups attached to an aromatic ring is 1. The Morgan fingerprint density at radius 1 is 1.57 bits per heavy atom. The van der Waals surface area contributed by atoms with Crippen molar-refractivity contribution in [2.45, 2.75) is 13.0 Å². The molecule has 1 heterocycles. The van der Waals surface area contributed by atoms with Gasteiger partial charge in [-0.3, -0.25) is 0 Å². The molecule has 0 aliphatic heterocycles. The van der Waals surface area contributed by atoms with E-state index in [-0.39, 0.29) is 18.2 Å². The predicted molar refractivity (Wildman–Crippen MR) is 48.7 cm³/mol. The molecule has 0 saturated heterocycles. The van der Waals surface area contributed by atoms with E-state index in [0.29, 0.717) is 6.07 Å². The van der Waals surface area contributed by atoms with Crippen LogP contribution in [0.4, 0.5) is 20.4 Å². The number of rotatable bonds is 3. The summed E-state index contributed by atoms with van der Waals surface area (Å²) in [5.74, 6) is -2.27. The fraction of sp³-hybridized carbons (Fsp3) is 0.375. The third-order valence-corrected chi connectivity index (χ3v) is 1.52. The van der Waals surface area contributed by atoms with Gasteiger partial charge < -0.3 is 16.2 Å².